The van der Waals surface area contributed by atoms with Crippen molar-refractivity contribution in [2.24, 2.45) is 0 Å². The zero-order valence-corrected chi connectivity index (χ0v) is 17.0. The third-order valence-electron chi connectivity index (χ3n) is 4.99. The van der Waals surface area contributed by atoms with E-state index in [4.69, 9.17) is 4.74 Å². The molecule has 0 radical (unpaired) electrons. The van der Waals surface area contributed by atoms with Gasteiger partial charge in [0.1, 0.15) is 5.75 Å². The van der Waals surface area contributed by atoms with Crippen LogP contribution >= 0.6 is 22.7 Å². The highest BCUT2D eigenvalue weighted by atomic mass is 32.1. The number of amides is 1. The summed E-state index contributed by atoms with van der Waals surface area (Å²) < 4.78 is 5.85. The second-order valence-electron chi connectivity index (χ2n) is 6.77. The van der Waals surface area contributed by atoms with Gasteiger partial charge < -0.3 is 9.64 Å². The van der Waals surface area contributed by atoms with Crippen LogP contribution in [-0.4, -0.2) is 24.0 Å². The average molecular weight is 398 g/mol. The fourth-order valence-corrected chi connectivity index (χ4v) is 5.36. The monoisotopic (exact) mass is 397 g/mol. The Morgan fingerprint density at radius 3 is 2.85 bits per heavy atom. The van der Waals surface area contributed by atoms with Crippen molar-refractivity contribution in [2.75, 3.05) is 13.2 Å². The van der Waals surface area contributed by atoms with Gasteiger partial charge in [-0.1, -0.05) is 24.3 Å². The third kappa shape index (κ3) is 3.94. The van der Waals surface area contributed by atoms with Crippen LogP contribution < -0.4 is 4.74 Å². The number of carbonyl (C=O) groups is 1. The van der Waals surface area contributed by atoms with Crippen molar-refractivity contribution < 1.29 is 9.53 Å². The summed E-state index contributed by atoms with van der Waals surface area (Å²) >= 11 is 3.54. The van der Waals surface area contributed by atoms with E-state index in [1.807, 2.05) is 42.5 Å². The molecule has 1 unspecified atom stereocenters. The van der Waals surface area contributed by atoms with Crippen molar-refractivity contribution in [3.63, 3.8) is 0 Å². The topological polar surface area (TPSA) is 29.5 Å². The van der Waals surface area contributed by atoms with Crippen molar-refractivity contribution >= 4 is 28.6 Å². The number of carbonyl (C=O) groups excluding carboxylic acids is 1. The number of thiophene rings is 2. The minimum absolute atomic E-state index is 0.0739. The summed E-state index contributed by atoms with van der Waals surface area (Å²) in [7, 11) is 0. The molecule has 27 heavy (non-hydrogen) atoms. The lowest BCUT2D eigenvalue weighted by Gasteiger charge is -2.35. The minimum Gasteiger partial charge on any atom is -0.493 e. The van der Waals surface area contributed by atoms with Crippen LogP contribution in [0.25, 0.3) is 0 Å². The van der Waals surface area contributed by atoms with Crippen LogP contribution in [0.5, 0.6) is 5.75 Å². The molecule has 0 saturated carbocycles. The molecule has 1 aliphatic rings. The van der Waals surface area contributed by atoms with Crippen molar-refractivity contribution in [2.45, 2.75) is 32.2 Å². The minimum atomic E-state index is 0.0739. The Labute approximate surface area is 168 Å². The highest BCUT2D eigenvalue weighted by molar-refractivity contribution is 7.10. The van der Waals surface area contributed by atoms with Gasteiger partial charge in [0.2, 0.25) is 5.91 Å². The summed E-state index contributed by atoms with van der Waals surface area (Å²) in [6, 6.07) is 14.5. The van der Waals surface area contributed by atoms with Crippen molar-refractivity contribution in [3.05, 3.63) is 74.1 Å². The fraction of sp³-hybridized carbons (Fsp3) is 0.318. The smallest absolute Gasteiger partial charge is 0.223 e. The van der Waals surface area contributed by atoms with Crippen molar-refractivity contribution in [1.82, 2.24) is 4.90 Å². The molecule has 3 nitrogen and oxygen atoms in total. The molecule has 2 aromatic heterocycles. The first-order valence-corrected chi connectivity index (χ1v) is 11.1. The standard InChI is InChI=1S/C22H23NO2S2/c1-16-6-2-3-7-18(16)25-13-4-9-21(24)23-12-10-19-17(11-15-27-19)22(23)20-8-5-14-26-20/h2-3,5-8,11,14-15,22H,4,9-10,12-13H2,1H3. The zero-order chi connectivity index (χ0) is 18.6. The van der Waals surface area contributed by atoms with Crippen LogP contribution in [0.2, 0.25) is 0 Å². The number of ether oxygens (including phenoxy) is 1. The van der Waals surface area contributed by atoms with E-state index >= 15 is 0 Å². The molecule has 0 bridgehead atoms. The Balaban J connectivity index is 1.40. The maximum absolute atomic E-state index is 13.0. The second-order valence-corrected chi connectivity index (χ2v) is 8.75. The first kappa shape index (κ1) is 18.3. The molecule has 0 spiro atoms. The molecule has 140 valence electrons. The molecule has 1 aromatic carbocycles. The highest BCUT2D eigenvalue weighted by Gasteiger charge is 2.32. The summed E-state index contributed by atoms with van der Waals surface area (Å²) in [5, 5.41) is 4.24. The molecule has 0 aliphatic carbocycles. The van der Waals surface area contributed by atoms with E-state index in [9.17, 15) is 4.79 Å². The van der Waals surface area contributed by atoms with Gasteiger partial charge in [0.05, 0.1) is 12.6 Å². The lowest BCUT2D eigenvalue weighted by molar-refractivity contribution is -0.133. The van der Waals surface area contributed by atoms with Gasteiger partial charge in [0.15, 0.2) is 0 Å². The largest absolute Gasteiger partial charge is 0.493 e. The quantitative estimate of drug-likeness (QED) is 0.518. The number of nitrogens with zero attached hydrogens (tertiary/aromatic N) is 1. The van der Waals surface area contributed by atoms with Gasteiger partial charge in [-0.3, -0.25) is 4.79 Å². The molecule has 0 fully saturated rings. The Kier molecular flexibility index (Phi) is 5.60. The van der Waals surface area contributed by atoms with Crippen LogP contribution in [-0.2, 0) is 11.2 Å². The van der Waals surface area contributed by atoms with E-state index in [1.165, 1.54) is 15.3 Å². The fourth-order valence-electron chi connectivity index (χ4n) is 3.61. The van der Waals surface area contributed by atoms with Gasteiger partial charge >= 0.3 is 0 Å². The van der Waals surface area contributed by atoms with Crippen LogP contribution in [0.3, 0.4) is 0 Å². The van der Waals surface area contributed by atoms with Crippen LogP contribution in [0, 0.1) is 6.92 Å². The van der Waals surface area contributed by atoms with Crippen LogP contribution in [0.15, 0.2) is 53.2 Å². The summed E-state index contributed by atoms with van der Waals surface area (Å²) in [5.41, 5.74) is 2.43. The number of para-hydroxylation sites is 1. The maximum Gasteiger partial charge on any atom is 0.223 e. The van der Waals surface area contributed by atoms with E-state index in [0.717, 1.165) is 30.7 Å². The lowest BCUT2D eigenvalue weighted by atomic mass is 9.98. The molecule has 0 saturated heterocycles. The van der Waals surface area contributed by atoms with E-state index in [-0.39, 0.29) is 11.9 Å². The van der Waals surface area contributed by atoms with E-state index in [2.05, 4.69) is 33.9 Å². The van der Waals surface area contributed by atoms with Gasteiger partial charge in [0, 0.05) is 22.7 Å². The molecule has 1 aliphatic heterocycles. The number of hydrogen-bond donors (Lipinski definition) is 0. The molecule has 5 heteroatoms. The highest BCUT2D eigenvalue weighted by Crippen LogP contribution is 2.39. The molecule has 3 heterocycles. The van der Waals surface area contributed by atoms with E-state index in [0.29, 0.717) is 13.0 Å². The first-order chi connectivity index (χ1) is 13.2. The molecule has 1 atom stereocenters. The predicted molar refractivity (Wildman–Crippen MR) is 112 cm³/mol. The number of hydrogen-bond acceptors (Lipinski definition) is 4. The van der Waals surface area contributed by atoms with Crippen molar-refractivity contribution in [1.29, 1.82) is 0 Å². The van der Waals surface area contributed by atoms with Gasteiger partial charge in [-0.15, -0.1) is 22.7 Å². The second kappa shape index (κ2) is 8.28. The number of fused-ring (bicyclic) bond motifs is 1. The van der Waals surface area contributed by atoms with E-state index < -0.39 is 0 Å². The molecule has 4 rings (SSSR count). The SMILES string of the molecule is Cc1ccccc1OCCCC(=O)N1CCc2sccc2C1c1cccs1. The summed E-state index contributed by atoms with van der Waals surface area (Å²) in [4.78, 5) is 17.7. The summed E-state index contributed by atoms with van der Waals surface area (Å²) in [5.74, 6) is 1.13. The Morgan fingerprint density at radius 2 is 2.04 bits per heavy atom. The van der Waals surface area contributed by atoms with Crippen LogP contribution in [0.1, 0.15) is 39.8 Å². The summed E-state index contributed by atoms with van der Waals surface area (Å²) in [6.45, 7) is 3.41. The molecule has 1 amide bonds. The first-order valence-electron chi connectivity index (χ1n) is 9.31. The van der Waals surface area contributed by atoms with Gasteiger partial charge in [0.25, 0.3) is 0 Å². The van der Waals surface area contributed by atoms with Crippen LogP contribution in [0.4, 0.5) is 0 Å². The maximum atomic E-state index is 13.0. The van der Waals surface area contributed by atoms with E-state index in [1.54, 1.807) is 11.3 Å². The Hall–Kier alpha value is -2.11. The van der Waals surface area contributed by atoms with Gasteiger partial charge in [-0.05, 0) is 59.9 Å². The third-order valence-corrected chi connectivity index (χ3v) is 6.91. The molecule has 0 N–H and O–H groups in total. The number of aryl methyl sites for hydroxylation is 1. The average Bonchev–Trinajstić information content (AvgIpc) is 3.37. The molecular weight excluding hydrogens is 374 g/mol. The number of benzene rings is 1. The molecular formula is C22H23NO2S2. The Bertz CT molecular complexity index is 901. The normalized spacial score (nSPS) is 16.2. The lowest BCUT2D eigenvalue weighted by Crippen LogP contribution is -2.39. The van der Waals surface area contributed by atoms with Gasteiger partial charge in [-0.25, -0.2) is 0 Å². The molecule has 3 aromatic rings. The van der Waals surface area contributed by atoms with Crippen molar-refractivity contribution in [3.8, 4) is 5.75 Å². The van der Waals surface area contributed by atoms with Gasteiger partial charge in [-0.2, -0.15) is 0 Å². The Morgan fingerprint density at radius 1 is 1.15 bits per heavy atom. The zero-order valence-electron chi connectivity index (χ0n) is 15.4. The summed E-state index contributed by atoms with van der Waals surface area (Å²) in [6.07, 6.45) is 2.21. The predicted octanol–water partition coefficient (Wildman–Crippen LogP) is 5.45. The number of rotatable bonds is 6.